The van der Waals surface area contributed by atoms with Crippen molar-refractivity contribution < 1.29 is 4.57 Å². The van der Waals surface area contributed by atoms with Gasteiger partial charge in [-0.2, -0.15) is 0 Å². The lowest BCUT2D eigenvalue weighted by atomic mass is 9.96. The van der Waals surface area contributed by atoms with Crippen LogP contribution in [0.25, 0.3) is 59.8 Å². The summed E-state index contributed by atoms with van der Waals surface area (Å²) in [4.78, 5) is 0. The summed E-state index contributed by atoms with van der Waals surface area (Å²) in [6.45, 7) is 9.68. The van der Waals surface area contributed by atoms with Gasteiger partial charge in [-0.1, -0.05) is 73.4 Å². The van der Waals surface area contributed by atoms with E-state index in [1.807, 2.05) is 0 Å². The zero-order valence-corrected chi connectivity index (χ0v) is 20.8. The molecular weight excluding hydrogens is 416 g/mol. The number of fused-ring (bicyclic) bond motifs is 7. The van der Waals surface area contributed by atoms with Crippen molar-refractivity contribution in [2.45, 2.75) is 26.6 Å². The first-order chi connectivity index (χ1) is 15.9. The van der Waals surface area contributed by atoms with Crippen LogP contribution in [0.2, 0.25) is 19.6 Å². The fraction of sp³-hybridized carbons (Fsp3) is 0.167. The van der Waals surface area contributed by atoms with E-state index in [1.165, 1.54) is 65.3 Å². The van der Waals surface area contributed by atoms with Gasteiger partial charge in [0, 0.05) is 16.8 Å². The fourth-order valence-corrected chi connectivity index (χ4v) is 7.77. The van der Waals surface area contributed by atoms with Crippen LogP contribution < -0.4 is 9.75 Å². The molecule has 0 radical (unpaired) electrons. The van der Waals surface area contributed by atoms with Crippen LogP contribution in [-0.4, -0.2) is 12.5 Å². The second kappa shape index (κ2) is 6.12. The lowest BCUT2D eigenvalue weighted by Crippen LogP contribution is -2.37. The standard InChI is InChI=1S/C30H27N2Si/c1-18-21-10-7-6-9-20(21)17-24-26(18)30-27-19(15-16-31(30)2)13-14-22-28-23(32(24)29(22)27)11-8-12-25(28)33(3,4)5/h6-17H,1-5H3/q+1. The van der Waals surface area contributed by atoms with Crippen molar-refractivity contribution in [3.05, 3.63) is 78.5 Å². The average molecular weight is 444 g/mol. The minimum Gasteiger partial charge on any atom is -0.307 e. The summed E-state index contributed by atoms with van der Waals surface area (Å²) in [7, 11) is 0.652. The lowest BCUT2D eigenvalue weighted by Gasteiger charge is -2.18. The smallest absolute Gasteiger partial charge is 0.224 e. The number of aryl methyl sites for hydroxylation is 2. The van der Waals surface area contributed by atoms with E-state index in [0.717, 1.165) is 0 Å². The summed E-state index contributed by atoms with van der Waals surface area (Å²) in [6.07, 6.45) is 2.22. The van der Waals surface area contributed by atoms with Crippen LogP contribution in [0.3, 0.4) is 0 Å². The van der Waals surface area contributed by atoms with Gasteiger partial charge in [0.05, 0.1) is 35.4 Å². The molecule has 33 heavy (non-hydrogen) atoms. The van der Waals surface area contributed by atoms with Gasteiger partial charge in [-0.3, -0.25) is 0 Å². The predicted molar refractivity (Wildman–Crippen MR) is 145 cm³/mol. The number of rotatable bonds is 1. The van der Waals surface area contributed by atoms with E-state index in [1.54, 1.807) is 5.19 Å². The summed E-state index contributed by atoms with van der Waals surface area (Å²) in [5.41, 5.74) is 6.70. The molecule has 0 aliphatic heterocycles. The number of aromatic nitrogens is 2. The van der Waals surface area contributed by atoms with E-state index in [-0.39, 0.29) is 0 Å². The molecule has 0 amide bonds. The Bertz CT molecular complexity index is 1920. The summed E-state index contributed by atoms with van der Waals surface area (Å²) >= 11 is 0. The molecule has 4 aromatic carbocycles. The minimum absolute atomic E-state index is 1.30. The average Bonchev–Trinajstić information content (AvgIpc) is 3.14. The first-order valence-electron chi connectivity index (χ1n) is 11.8. The summed E-state index contributed by atoms with van der Waals surface area (Å²) < 4.78 is 4.89. The highest BCUT2D eigenvalue weighted by atomic mass is 28.3. The Morgan fingerprint density at radius 1 is 0.727 bits per heavy atom. The van der Waals surface area contributed by atoms with Crippen LogP contribution in [0, 0.1) is 6.92 Å². The van der Waals surface area contributed by atoms with Gasteiger partial charge < -0.3 is 4.40 Å². The Morgan fingerprint density at radius 2 is 1.55 bits per heavy atom. The van der Waals surface area contributed by atoms with E-state index in [0.29, 0.717) is 0 Å². The summed E-state index contributed by atoms with van der Waals surface area (Å²) in [5.74, 6) is 0. The van der Waals surface area contributed by atoms with Crippen LogP contribution >= 0.6 is 0 Å². The largest absolute Gasteiger partial charge is 0.307 e. The Morgan fingerprint density at radius 3 is 2.36 bits per heavy atom. The molecule has 0 bridgehead atoms. The quantitative estimate of drug-likeness (QED) is 0.114. The van der Waals surface area contributed by atoms with Gasteiger partial charge in [0.2, 0.25) is 5.52 Å². The SMILES string of the molecule is Cc1c2ccccc2cc2c1c1c3c(ccc4c5c([Si](C)(C)C)cccc5n2c43)cc[n+]1C. The second-order valence-corrected chi connectivity index (χ2v) is 15.6. The van der Waals surface area contributed by atoms with Crippen LogP contribution in [0.15, 0.2) is 72.9 Å². The topological polar surface area (TPSA) is 8.29 Å². The molecule has 3 aromatic heterocycles. The van der Waals surface area contributed by atoms with E-state index in [2.05, 4.69) is 116 Å². The van der Waals surface area contributed by atoms with E-state index in [9.17, 15) is 0 Å². The van der Waals surface area contributed by atoms with Gasteiger partial charge in [0.1, 0.15) is 7.05 Å². The normalized spacial score (nSPS) is 13.0. The van der Waals surface area contributed by atoms with Crippen molar-refractivity contribution in [1.82, 2.24) is 4.40 Å². The molecule has 0 aliphatic carbocycles. The zero-order valence-electron chi connectivity index (χ0n) is 19.8. The fourth-order valence-electron chi connectivity index (χ4n) is 6.16. The molecule has 3 heteroatoms. The Kier molecular flexibility index (Phi) is 3.54. The van der Waals surface area contributed by atoms with E-state index in [4.69, 9.17) is 0 Å². The van der Waals surface area contributed by atoms with Gasteiger partial charge in [0.15, 0.2) is 6.20 Å². The van der Waals surface area contributed by atoms with E-state index >= 15 is 0 Å². The summed E-state index contributed by atoms with van der Waals surface area (Å²) in [6, 6.07) is 25.2. The highest BCUT2D eigenvalue weighted by molar-refractivity contribution is 6.90. The molecule has 0 N–H and O–H groups in total. The molecule has 160 valence electrons. The number of pyridine rings is 2. The van der Waals surface area contributed by atoms with Crippen LogP contribution in [0.5, 0.6) is 0 Å². The Balaban J connectivity index is 1.93. The molecule has 0 fully saturated rings. The third kappa shape index (κ3) is 2.30. The molecule has 0 aliphatic rings. The monoisotopic (exact) mass is 443 g/mol. The number of benzene rings is 4. The van der Waals surface area contributed by atoms with Gasteiger partial charge in [-0.05, 0) is 40.8 Å². The van der Waals surface area contributed by atoms with Crippen molar-refractivity contribution in [1.29, 1.82) is 0 Å². The highest BCUT2D eigenvalue weighted by Gasteiger charge is 2.27. The summed E-state index contributed by atoms with van der Waals surface area (Å²) in [5, 5.41) is 11.1. The van der Waals surface area contributed by atoms with Gasteiger partial charge in [-0.25, -0.2) is 4.57 Å². The third-order valence-electron chi connectivity index (χ3n) is 7.63. The number of hydrogen-bond donors (Lipinski definition) is 0. The maximum atomic E-state index is 2.57. The third-order valence-corrected chi connectivity index (χ3v) is 9.66. The molecule has 0 saturated heterocycles. The maximum absolute atomic E-state index is 2.57. The van der Waals surface area contributed by atoms with Crippen LogP contribution in [-0.2, 0) is 7.05 Å². The van der Waals surface area contributed by atoms with Crippen molar-refractivity contribution in [3.63, 3.8) is 0 Å². The maximum Gasteiger partial charge on any atom is 0.224 e. The molecule has 0 unspecified atom stereocenters. The van der Waals surface area contributed by atoms with Gasteiger partial charge in [0.25, 0.3) is 0 Å². The molecular formula is C30H27N2Si+. The molecule has 7 aromatic rings. The van der Waals surface area contributed by atoms with Crippen molar-refractivity contribution in [2.75, 3.05) is 0 Å². The lowest BCUT2D eigenvalue weighted by molar-refractivity contribution is -0.643. The Hall–Kier alpha value is -3.43. The van der Waals surface area contributed by atoms with Crippen LogP contribution in [0.4, 0.5) is 0 Å². The van der Waals surface area contributed by atoms with Crippen molar-refractivity contribution in [2.24, 2.45) is 7.05 Å². The molecule has 0 spiro atoms. The number of nitrogens with zero attached hydrogens (tertiary/aromatic N) is 2. The van der Waals surface area contributed by atoms with Gasteiger partial charge in [-0.15, -0.1) is 0 Å². The van der Waals surface area contributed by atoms with Crippen molar-refractivity contribution >= 4 is 73.0 Å². The Labute approximate surface area is 194 Å². The second-order valence-electron chi connectivity index (χ2n) is 10.6. The predicted octanol–water partition coefficient (Wildman–Crippen LogP) is 6.82. The van der Waals surface area contributed by atoms with Gasteiger partial charge >= 0.3 is 0 Å². The molecule has 3 heterocycles. The first kappa shape index (κ1) is 19.1. The molecule has 0 atom stereocenters. The molecule has 2 nitrogen and oxygen atoms in total. The molecule has 0 saturated carbocycles. The van der Waals surface area contributed by atoms with Crippen molar-refractivity contribution in [3.8, 4) is 0 Å². The first-order valence-corrected chi connectivity index (χ1v) is 15.3. The zero-order chi connectivity index (χ0) is 22.6. The minimum atomic E-state index is -1.54. The number of hydrogen-bond acceptors (Lipinski definition) is 0. The highest BCUT2D eigenvalue weighted by Crippen LogP contribution is 2.42. The van der Waals surface area contributed by atoms with E-state index < -0.39 is 8.07 Å². The van der Waals surface area contributed by atoms with Crippen LogP contribution in [0.1, 0.15) is 5.56 Å². The molecule has 7 rings (SSSR count).